The molecular weight excluding hydrogens is 723 g/mol. The van der Waals surface area contributed by atoms with Gasteiger partial charge in [0.2, 0.25) is 11.8 Å². The molecule has 0 bridgehead atoms. The van der Waals surface area contributed by atoms with E-state index in [1.807, 2.05) is 42.7 Å². The Morgan fingerprint density at radius 3 is 2.56 bits per heavy atom. The first-order chi connectivity index (χ1) is 26.1. The zero-order valence-electron chi connectivity index (χ0n) is 33.0. The molecule has 14 heteroatoms. The molecular formula is C41H53N5O8S. The Morgan fingerprint density at radius 1 is 1.09 bits per heavy atom. The van der Waals surface area contributed by atoms with Crippen LogP contribution in [-0.4, -0.2) is 88.8 Å². The normalized spacial score (nSPS) is 25.2. The van der Waals surface area contributed by atoms with Gasteiger partial charge in [0.15, 0.2) is 0 Å². The first-order valence-electron chi connectivity index (χ1n) is 19.1. The van der Waals surface area contributed by atoms with Gasteiger partial charge in [-0.1, -0.05) is 38.8 Å². The number of carbonyl (C=O) groups is 4. The maximum Gasteiger partial charge on any atom is 0.408 e. The van der Waals surface area contributed by atoms with Gasteiger partial charge >= 0.3 is 12.1 Å². The summed E-state index contributed by atoms with van der Waals surface area (Å²) in [5.41, 5.74) is 1.11. The predicted molar refractivity (Wildman–Crippen MR) is 209 cm³/mol. The van der Waals surface area contributed by atoms with E-state index in [2.05, 4.69) is 24.5 Å². The summed E-state index contributed by atoms with van der Waals surface area (Å²) >= 11 is 1.50. The van der Waals surface area contributed by atoms with Crippen LogP contribution in [0.15, 0.2) is 35.7 Å². The van der Waals surface area contributed by atoms with Crippen LogP contribution < -0.4 is 20.1 Å². The Balaban J connectivity index is 1.37. The highest BCUT2D eigenvalue weighted by Gasteiger charge is 2.62. The number of thiazole rings is 1. The summed E-state index contributed by atoms with van der Waals surface area (Å²) in [5, 5.41) is 9.29. The molecule has 1 unspecified atom stereocenters. The molecule has 296 valence electrons. The second-order valence-electron chi connectivity index (χ2n) is 16.0. The number of methoxy groups -OCH3 is 2. The minimum absolute atomic E-state index is 0.0566. The number of nitrogens with one attached hydrogen (secondary N) is 2. The number of nitrogens with zero attached hydrogens (tertiary/aromatic N) is 3. The van der Waals surface area contributed by atoms with Gasteiger partial charge in [-0.25, -0.2) is 19.6 Å². The smallest absolute Gasteiger partial charge is 0.408 e. The van der Waals surface area contributed by atoms with Crippen molar-refractivity contribution in [1.29, 1.82) is 0 Å². The van der Waals surface area contributed by atoms with Crippen LogP contribution in [-0.2, 0) is 23.9 Å². The molecule has 5 atom stereocenters. The van der Waals surface area contributed by atoms with Gasteiger partial charge in [0.1, 0.15) is 51.5 Å². The summed E-state index contributed by atoms with van der Waals surface area (Å²) in [4.78, 5) is 66.5. The van der Waals surface area contributed by atoms with E-state index in [0.29, 0.717) is 42.0 Å². The Kier molecular flexibility index (Phi) is 11.7. The van der Waals surface area contributed by atoms with E-state index < -0.39 is 53.2 Å². The zero-order valence-corrected chi connectivity index (χ0v) is 33.8. The van der Waals surface area contributed by atoms with Crippen LogP contribution in [0.3, 0.4) is 0 Å². The van der Waals surface area contributed by atoms with Gasteiger partial charge < -0.3 is 34.5 Å². The van der Waals surface area contributed by atoms with E-state index in [9.17, 15) is 19.2 Å². The number of fused-ring (bicyclic) bond motifs is 3. The van der Waals surface area contributed by atoms with Gasteiger partial charge in [0, 0.05) is 34.7 Å². The predicted octanol–water partition coefficient (Wildman–Crippen LogP) is 6.61. The fourth-order valence-electron chi connectivity index (χ4n) is 7.42. The van der Waals surface area contributed by atoms with Crippen molar-refractivity contribution in [2.24, 2.45) is 5.92 Å². The van der Waals surface area contributed by atoms with Crippen LogP contribution in [0.2, 0.25) is 0 Å². The Bertz CT molecular complexity index is 1970. The molecule has 13 nitrogen and oxygen atoms in total. The van der Waals surface area contributed by atoms with E-state index >= 15 is 0 Å². The molecule has 3 aromatic rings. The quantitative estimate of drug-likeness (QED) is 0.198. The second-order valence-corrected chi connectivity index (χ2v) is 16.9. The highest BCUT2D eigenvalue weighted by molar-refractivity contribution is 7.13. The van der Waals surface area contributed by atoms with Gasteiger partial charge in [-0.05, 0) is 71.4 Å². The summed E-state index contributed by atoms with van der Waals surface area (Å²) in [6, 6.07) is 3.66. The first kappa shape index (κ1) is 40.0. The van der Waals surface area contributed by atoms with Crippen molar-refractivity contribution >= 4 is 46.1 Å². The number of benzene rings is 1. The lowest BCUT2D eigenvalue weighted by Gasteiger charge is -2.30. The van der Waals surface area contributed by atoms with E-state index in [-0.39, 0.29) is 24.8 Å². The maximum atomic E-state index is 14.6. The molecule has 55 heavy (non-hydrogen) atoms. The number of amides is 3. The monoisotopic (exact) mass is 775 g/mol. The minimum atomic E-state index is -1.22. The number of hydrogen-bond acceptors (Lipinski definition) is 11. The second kappa shape index (κ2) is 16.2. The number of allylic oxidation sites excluding steroid dienone is 1. The highest BCUT2D eigenvalue weighted by Crippen LogP contribution is 2.46. The third-order valence-electron chi connectivity index (χ3n) is 10.5. The summed E-state index contributed by atoms with van der Waals surface area (Å²) in [6.45, 7) is 11.4. The van der Waals surface area contributed by atoms with E-state index in [0.717, 1.165) is 40.9 Å². The molecule has 0 radical (unpaired) electrons. The SMILES string of the molecule is COC(=O)[C@@]12C[C@H]1/C=C\CCCCC[C@H](NC(=O)OC(C)(C)C)C(=O)N1CC(Oc3cc(-c4nc(C(C)C)cs4)nc4c(C)c(OC)ccc34)C[C@H]1C(=O)N2. The molecule has 6 rings (SSSR count). The molecule has 0 spiro atoms. The van der Waals surface area contributed by atoms with Crippen LogP contribution in [0.25, 0.3) is 21.6 Å². The third-order valence-corrected chi connectivity index (χ3v) is 11.4. The number of rotatable bonds is 7. The van der Waals surface area contributed by atoms with Crippen LogP contribution in [0.5, 0.6) is 11.5 Å². The summed E-state index contributed by atoms with van der Waals surface area (Å²) in [5.74, 6) is -0.227. The lowest BCUT2D eigenvalue weighted by atomic mass is 10.0. The van der Waals surface area contributed by atoms with Crippen LogP contribution in [0, 0.1) is 12.8 Å². The van der Waals surface area contributed by atoms with Crippen LogP contribution in [0.4, 0.5) is 4.79 Å². The van der Waals surface area contributed by atoms with Crippen LogP contribution >= 0.6 is 11.3 Å². The lowest BCUT2D eigenvalue weighted by molar-refractivity contribution is -0.148. The Morgan fingerprint density at radius 2 is 1.87 bits per heavy atom. The lowest BCUT2D eigenvalue weighted by Crippen LogP contribution is -2.56. The van der Waals surface area contributed by atoms with Gasteiger partial charge in [-0.2, -0.15) is 0 Å². The molecule has 2 aromatic heterocycles. The van der Waals surface area contributed by atoms with Crippen molar-refractivity contribution in [1.82, 2.24) is 25.5 Å². The molecule has 1 saturated carbocycles. The average Bonchev–Trinajstić information content (AvgIpc) is 3.42. The summed E-state index contributed by atoms with van der Waals surface area (Å²) in [6.07, 6.45) is 6.70. The maximum absolute atomic E-state index is 14.6. The van der Waals surface area contributed by atoms with Crippen molar-refractivity contribution in [3.05, 3.63) is 47.0 Å². The molecule has 2 fully saturated rings. The number of pyridine rings is 1. The fraction of sp³-hybridized carbons (Fsp3) is 0.561. The van der Waals surface area contributed by atoms with Crippen molar-refractivity contribution in [3.63, 3.8) is 0 Å². The number of aryl methyl sites for hydroxylation is 1. The molecule has 2 aliphatic heterocycles. The summed E-state index contributed by atoms with van der Waals surface area (Å²) < 4.78 is 23.1. The highest BCUT2D eigenvalue weighted by atomic mass is 32.1. The van der Waals surface area contributed by atoms with Crippen LogP contribution in [0.1, 0.15) is 96.7 Å². The Labute approximate surface area is 326 Å². The topological polar surface area (TPSA) is 158 Å². The average molecular weight is 776 g/mol. The number of ether oxygens (including phenoxy) is 4. The van der Waals surface area contributed by atoms with Crippen molar-refractivity contribution in [2.75, 3.05) is 20.8 Å². The number of hydrogen-bond donors (Lipinski definition) is 2. The molecule has 1 aromatic carbocycles. The zero-order chi connectivity index (χ0) is 39.7. The van der Waals surface area contributed by atoms with E-state index in [1.165, 1.54) is 23.3 Å². The van der Waals surface area contributed by atoms with Crippen molar-refractivity contribution in [3.8, 4) is 22.2 Å². The first-order valence-corrected chi connectivity index (χ1v) is 20.0. The standard InChI is InChI=1S/C41H53N5O8S/c1-23(2)30-22-55-36(43-30)29-19-33(27-16-17-32(51-7)24(3)34(27)42-29)53-26-18-31-35(47)45-41(38(49)52-8)20-25(41)14-12-10-9-11-13-15-28(37(48)46(31)21-26)44-39(50)54-40(4,5)6/h12,14,16-17,19,22-23,25-26,28,31H,9-11,13,15,18,20-21H2,1-8H3,(H,44,50)(H,45,47)/b14-12-/t25-,26?,28+,31+,41-/m1/s1. The Hall–Kier alpha value is -4.72. The summed E-state index contributed by atoms with van der Waals surface area (Å²) in [7, 11) is 2.92. The molecule has 1 saturated heterocycles. The van der Waals surface area contributed by atoms with Crippen molar-refractivity contribution < 1.29 is 38.1 Å². The molecule has 3 aliphatic rings. The molecule has 3 amide bonds. The number of aromatic nitrogens is 2. The van der Waals surface area contributed by atoms with Gasteiger partial charge in [0.25, 0.3) is 0 Å². The molecule has 4 heterocycles. The molecule has 1 aliphatic carbocycles. The number of carbonyl (C=O) groups excluding carboxylic acids is 4. The van der Waals surface area contributed by atoms with E-state index in [4.69, 9.17) is 28.9 Å². The largest absolute Gasteiger partial charge is 0.496 e. The fourth-order valence-corrected chi connectivity index (χ4v) is 8.36. The van der Waals surface area contributed by atoms with Gasteiger partial charge in [-0.15, -0.1) is 11.3 Å². The third kappa shape index (κ3) is 8.74. The van der Waals surface area contributed by atoms with Gasteiger partial charge in [0.05, 0.1) is 32.0 Å². The number of alkyl carbamates (subject to hydrolysis) is 1. The van der Waals surface area contributed by atoms with Gasteiger partial charge in [-0.3, -0.25) is 9.59 Å². The molecule has 2 N–H and O–H groups in total. The number of esters is 1. The van der Waals surface area contributed by atoms with Crippen molar-refractivity contribution in [2.45, 2.75) is 122 Å². The van der Waals surface area contributed by atoms with E-state index in [1.54, 1.807) is 27.9 Å². The minimum Gasteiger partial charge on any atom is -0.496 e.